The van der Waals surface area contributed by atoms with Crippen LogP contribution in [0.15, 0.2) is 12.1 Å². The van der Waals surface area contributed by atoms with Gasteiger partial charge in [0.2, 0.25) is 5.91 Å². The van der Waals surface area contributed by atoms with Crippen molar-refractivity contribution in [3.05, 3.63) is 19.9 Å². The van der Waals surface area contributed by atoms with E-state index in [0.717, 1.165) is 13.0 Å². The Hall–Kier alpha value is -0.100. The third-order valence-corrected chi connectivity index (χ3v) is 3.78. The summed E-state index contributed by atoms with van der Waals surface area (Å²) in [7, 11) is 0. The molecule has 1 aromatic heterocycles. The second kappa shape index (κ2) is 5.70. The van der Waals surface area contributed by atoms with Gasteiger partial charge in [-0.3, -0.25) is 4.79 Å². The van der Waals surface area contributed by atoms with Crippen molar-refractivity contribution < 1.29 is 4.79 Å². The molecule has 1 rings (SSSR count). The number of hydrogen-bond acceptors (Lipinski definition) is 2. The number of nitrogens with one attached hydrogen (secondary N) is 1. The van der Waals surface area contributed by atoms with Crippen LogP contribution in [0.3, 0.4) is 0 Å². The minimum atomic E-state index is 0.0819. The molecule has 0 unspecified atom stereocenters. The molecular weight excluding hydrogens is 309 g/mol. The van der Waals surface area contributed by atoms with Crippen LogP contribution in [0.25, 0.3) is 0 Å². The lowest BCUT2D eigenvalue weighted by molar-refractivity contribution is -0.123. The highest BCUT2D eigenvalue weighted by atomic mass is 127. The fourth-order valence-corrected chi connectivity index (χ4v) is 2.75. The van der Waals surface area contributed by atoms with Gasteiger partial charge in [0.05, 0.1) is 2.88 Å². The molecule has 1 amide bonds. The quantitative estimate of drug-likeness (QED) is 0.848. The van der Waals surface area contributed by atoms with Crippen LogP contribution in [0.4, 0.5) is 0 Å². The molecule has 14 heavy (non-hydrogen) atoms. The van der Waals surface area contributed by atoms with Gasteiger partial charge < -0.3 is 5.32 Å². The van der Waals surface area contributed by atoms with Gasteiger partial charge in [-0.15, -0.1) is 11.3 Å². The van der Waals surface area contributed by atoms with E-state index in [-0.39, 0.29) is 11.8 Å². The maximum absolute atomic E-state index is 11.2. The molecule has 0 aliphatic heterocycles. The summed E-state index contributed by atoms with van der Waals surface area (Å²) in [6, 6.07) is 4.22. The summed E-state index contributed by atoms with van der Waals surface area (Å²) in [5.74, 6) is 0.217. The van der Waals surface area contributed by atoms with E-state index in [0.29, 0.717) is 0 Å². The molecule has 0 radical (unpaired) electrons. The number of halogens is 1. The summed E-state index contributed by atoms with van der Waals surface area (Å²) in [4.78, 5) is 12.6. The molecule has 0 atom stereocenters. The third-order valence-electron chi connectivity index (χ3n) is 1.82. The summed E-state index contributed by atoms with van der Waals surface area (Å²) in [5, 5.41) is 2.91. The average molecular weight is 323 g/mol. The maximum atomic E-state index is 11.2. The number of carbonyl (C=O) groups excluding carboxylic acids is 1. The van der Waals surface area contributed by atoms with Gasteiger partial charge in [0.15, 0.2) is 0 Å². The molecule has 0 aliphatic carbocycles. The lowest BCUT2D eigenvalue weighted by atomic mass is 10.2. The van der Waals surface area contributed by atoms with Crippen LogP contribution >= 0.6 is 33.9 Å². The Labute approximate surface area is 102 Å². The normalized spacial score (nSPS) is 10.6. The van der Waals surface area contributed by atoms with Crippen molar-refractivity contribution in [1.29, 1.82) is 0 Å². The summed E-state index contributed by atoms with van der Waals surface area (Å²) in [6.45, 7) is 4.56. The van der Waals surface area contributed by atoms with Crippen molar-refractivity contribution in [3.63, 3.8) is 0 Å². The number of carbonyl (C=O) groups is 1. The Morgan fingerprint density at radius 2 is 2.29 bits per heavy atom. The lowest BCUT2D eigenvalue weighted by Crippen LogP contribution is -2.29. The molecule has 78 valence electrons. The smallest absolute Gasteiger partial charge is 0.222 e. The fourth-order valence-electron chi connectivity index (χ4n) is 0.999. The van der Waals surface area contributed by atoms with E-state index in [9.17, 15) is 4.79 Å². The first-order valence-corrected chi connectivity index (χ1v) is 6.51. The lowest BCUT2D eigenvalue weighted by Gasteiger charge is -2.05. The van der Waals surface area contributed by atoms with E-state index >= 15 is 0 Å². The first-order valence-electron chi connectivity index (χ1n) is 4.61. The number of rotatable bonds is 4. The molecule has 0 aromatic carbocycles. The molecule has 0 fully saturated rings. The zero-order valence-corrected chi connectivity index (χ0v) is 11.3. The molecule has 1 N–H and O–H groups in total. The highest BCUT2D eigenvalue weighted by molar-refractivity contribution is 14.1. The fraction of sp³-hybridized carbons (Fsp3) is 0.500. The van der Waals surface area contributed by atoms with Crippen molar-refractivity contribution in [2.45, 2.75) is 20.3 Å². The molecular formula is C10H14INOS. The first kappa shape index (κ1) is 12.0. The summed E-state index contributed by atoms with van der Waals surface area (Å²) in [6.07, 6.45) is 0.937. The number of amides is 1. The molecule has 0 spiro atoms. The van der Waals surface area contributed by atoms with Crippen LogP contribution in [0.2, 0.25) is 0 Å². The molecule has 1 aromatic rings. The average Bonchev–Trinajstić information content (AvgIpc) is 2.51. The van der Waals surface area contributed by atoms with Crippen LogP contribution in [0, 0.1) is 8.80 Å². The highest BCUT2D eigenvalue weighted by Crippen LogP contribution is 2.18. The second-order valence-corrected chi connectivity index (χ2v) is 6.46. The number of hydrogen-bond donors (Lipinski definition) is 1. The predicted molar refractivity (Wildman–Crippen MR) is 68.6 cm³/mol. The second-order valence-electron chi connectivity index (χ2n) is 3.40. The Bertz CT molecular complexity index is 309. The zero-order valence-electron chi connectivity index (χ0n) is 8.34. The topological polar surface area (TPSA) is 29.1 Å². The number of thiophene rings is 1. The molecule has 0 aliphatic rings. The van der Waals surface area contributed by atoms with E-state index < -0.39 is 0 Å². The molecule has 1 heterocycles. The van der Waals surface area contributed by atoms with Gasteiger partial charge in [-0.2, -0.15) is 0 Å². The van der Waals surface area contributed by atoms with Gasteiger partial charge in [0.25, 0.3) is 0 Å². The van der Waals surface area contributed by atoms with Crippen molar-refractivity contribution in [2.75, 3.05) is 6.54 Å². The third kappa shape index (κ3) is 3.96. The van der Waals surface area contributed by atoms with Crippen LogP contribution in [0.5, 0.6) is 0 Å². The van der Waals surface area contributed by atoms with Crippen LogP contribution in [-0.4, -0.2) is 12.5 Å². The maximum Gasteiger partial charge on any atom is 0.222 e. The van der Waals surface area contributed by atoms with E-state index in [2.05, 4.69) is 40.0 Å². The predicted octanol–water partition coefficient (Wildman–Crippen LogP) is 2.67. The summed E-state index contributed by atoms with van der Waals surface area (Å²) < 4.78 is 1.30. The van der Waals surface area contributed by atoms with Crippen LogP contribution < -0.4 is 5.32 Å². The Kier molecular flexibility index (Phi) is 4.88. The van der Waals surface area contributed by atoms with Crippen molar-refractivity contribution in [2.24, 2.45) is 5.92 Å². The largest absolute Gasteiger partial charge is 0.356 e. The Morgan fingerprint density at radius 3 is 2.79 bits per heavy atom. The van der Waals surface area contributed by atoms with Crippen molar-refractivity contribution in [1.82, 2.24) is 5.32 Å². The van der Waals surface area contributed by atoms with E-state index in [1.807, 2.05) is 13.8 Å². The molecule has 0 bridgehead atoms. The van der Waals surface area contributed by atoms with Crippen molar-refractivity contribution in [3.8, 4) is 0 Å². The van der Waals surface area contributed by atoms with Crippen LogP contribution in [0.1, 0.15) is 18.7 Å². The Balaban J connectivity index is 2.25. The van der Waals surface area contributed by atoms with E-state index in [4.69, 9.17) is 0 Å². The van der Waals surface area contributed by atoms with Gasteiger partial charge in [0, 0.05) is 17.3 Å². The zero-order chi connectivity index (χ0) is 10.6. The molecule has 2 nitrogen and oxygen atoms in total. The first-order chi connectivity index (χ1) is 6.59. The van der Waals surface area contributed by atoms with Crippen LogP contribution in [-0.2, 0) is 11.2 Å². The van der Waals surface area contributed by atoms with Crippen molar-refractivity contribution >= 4 is 39.8 Å². The Morgan fingerprint density at radius 1 is 1.57 bits per heavy atom. The SMILES string of the molecule is CC(C)C(=O)NCCc1ccc(I)s1. The van der Waals surface area contributed by atoms with Gasteiger partial charge >= 0.3 is 0 Å². The van der Waals surface area contributed by atoms with Gasteiger partial charge in [-0.1, -0.05) is 13.8 Å². The minimum Gasteiger partial charge on any atom is -0.356 e. The van der Waals surface area contributed by atoms with E-state index in [1.165, 1.54) is 7.76 Å². The molecule has 4 heteroatoms. The monoisotopic (exact) mass is 323 g/mol. The molecule has 0 saturated heterocycles. The highest BCUT2D eigenvalue weighted by Gasteiger charge is 2.05. The van der Waals surface area contributed by atoms with E-state index in [1.54, 1.807) is 11.3 Å². The van der Waals surface area contributed by atoms with Gasteiger partial charge in [-0.25, -0.2) is 0 Å². The standard InChI is InChI=1S/C10H14INOS/c1-7(2)10(13)12-6-5-8-3-4-9(11)14-8/h3-4,7H,5-6H2,1-2H3,(H,12,13). The summed E-state index contributed by atoms with van der Waals surface area (Å²) in [5.41, 5.74) is 0. The molecule has 0 saturated carbocycles. The minimum absolute atomic E-state index is 0.0819. The summed E-state index contributed by atoms with van der Waals surface area (Å²) >= 11 is 4.09. The van der Waals surface area contributed by atoms with Gasteiger partial charge in [0.1, 0.15) is 0 Å². The van der Waals surface area contributed by atoms with Gasteiger partial charge in [-0.05, 0) is 41.1 Å².